The van der Waals surface area contributed by atoms with Crippen LogP contribution >= 0.6 is 11.3 Å². The van der Waals surface area contributed by atoms with Crippen molar-refractivity contribution < 1.29 is 9.13 Å². The molecule has 0 N–H and O–H groups in total. The van der Waals surface area contributed by atoms with E-state index in [1.54, 1.807) is 17.4 Å². The van der Waals surface area contributed by atoms with E-state index in [1.165, 1.54) is 22.2 Å². The Hall–Kier alpha value is -1.87. The van der Waals surface area contributed by atoms with Crippen molar-refractivity contribution >= 4 is 21.4 Å². The Labute approximate surface area is 115 Å². The monoisotopic (exact) mass is 272 g/mol. The zero-order valence-electron chi connectivity index (χ0n) is 10.5. The highest BCUT2D eigenvalue weighted by molar-refractivity contribution is 7.17. The Balaban J connectivity index is 1.84. The molecule has 3 aromatic rings. The summed E-state index contributed by atoms with van der Waals surface area (Å²) in [6.45, 7) is 2.38. The minimum atomic E-state index is -0.268. The molecule has 1 nitrogen and oxygen atoms in total. The molecule has 0 unspecified atom stereocenters. The van der Waals surface area contributed by atoms with Crippen LogP contribution < -0.4 is 4.74 Å². The lowest BCUT2D eigenvalue weighted by Crippen LogP contribution is -1.96. The second-order valence-electron chi connectivity index (χ2n) is 4.46. The number of ether oxygens (including phenoxy) is 1. The van der Waals surface area contributed by atoms with Gasteiger partial charge in [-0.1, -0.05) is 24.3 Å². The molecule has 1 aromatic heterocycles. The smallest absolute Gasteiger partial charge is 0.126 e. The van der Waals surface area contributed by atoms with E-state index in [-0.39, 0.29) is 5.82 Å². The van der Waals surface area contributed by atoms with Crippen molar-refractivity contribution in [1.29, 1.82) is 0 Å². The number of benzene rings is 2. The highest BCUT2D eigenvalue weighted by Crippen LogP contribution is 2.27. The summed E-state index contributed by atoms with van der Waals surface area (Å²) in [5, 5.41) is 3.31. The van der Waals surface area contributed by atoms with Crippen LogP contribution in [0.2, 0.25) is 0 Å². The number of aryl methyl sites for hydroxylation is 1. The average Bonchev–Trinajstić information content (AvgIpc) is 2.83. The molecule has 3 heteroatoms. The van der Waals surface area contributed by atoms with Gasteiger partial charge in [-0.15, -0.1) is 11.3 Å². The number of hydrogen-bond donors (Lipinski definition) is 0. The molecule has 0 saturated heterocycles. The van der Waals surface area contributed by atoms with Gasteiger partial charge < -0.3 is 4.74 Å². The van der Waals surface area contributed by atoms with Crippen molar-refractivity contribution in [1.82, 2.24) is 0 Å². The van der Waals surface area contributed by atoms with Crippen molar-refractivity contribution in [2.24, 2.45) is 0 Å². The highest BCUT2D eigenvalue weighted by Gasteiger charge is 2.06. The van der Waals surface area contributed by atoms with Gasteiger partial charge in [0.25, 0.3) is 0 Å². The third-order valence-corrected chi connectivity index (χ3v) is 4.11. The normalized spacial score (nSPS) is 10.8. The minimum Gasteiger partial charge on any atom is -0.488 e. The fourth-order valence-corrected chi connectivity index (χ4v) is 2.98. The molecule has 0 aliphatic carbocycles. The Kier molecular flexibility index (Phi) is 3.22. The zero-order chi connectivity index (χ0) is 13.2. The molecule has 0 aliphatic rings. The predicted molar refractivity (Wildman–Crippen MR) is 77.3 cm³/mol. The SMILES string of the molecule is Cc1ccc(F)cc1OCc1csc2ccccc12. The number of rotatable bonds is 3. The summed E-state index contributed by atoms with van der Waals surface area (Å²) in [6, 6.07) is 12.8. The van der Waals surface area contributed by atoms with E-state index in [4.69, 9.17) is 4.74 Å². The van der Waals surface area contributed by atoms with Gasteiger partial charge in [-0.3, -0.25) is 0 Å². The maximum absolute atomic E-state index is 13.2. The Morgan fingerprint density at radius 1 is 1.16 bits per heavy atom. The molecule has 2 aromatic carbocycles. The van der Waals surface area contributed by atoms with Crippen LogP contribution in [0.5, 0.6) is 5.75 Å². The van der Waals surface area contributed by atoms with Crippen molar-refractivity contribution in [3.05, 3.63) is 64.8 Å². The van der Waals surface area contributed by atoms with Crippen LogP contribution in [-0.2, 0) is 6.61 Å². The second-order valence-corrected chi connectivity index (χ2v) is 5.37. The molecule has 0 aliphatic heterocycles. The minimum absolute atomic E-state index is 0.268. The number of thiophene rings is 1. The number of hydrogen-bond acceptors (Lipinski definition) is 2. The summed E-state index contributed by atoms with van der Waals surface area (Å²) in [5.74, 6) is 0.339. The van der Waals surface area contributed by atoms with Crippen LogP contribution in [0, 0.1) is 12.7 Å². The molecule has 0 saturated carbocycles. The maximum Gasteiger partial charge on any atom is 0.126 e. The average molecular weight is 272 g/mol. The van der Waals surface area contributed by atoms with Gasteiger partial charge >= 0.3 is 0 Å². The fraction of sp³-hybridized carbons (Fsp3) is 0.125. The maximum atomic E-state index is 13.2. The first-order chi connectivity index (χ1) is 9.24. The quantitative estimate of drug-likeness (QED) is 0.657. The van der Waals surface area contributed by atoms with Gasteiger partial charge in [0, 0.05) is 16.3 Å². The van der Waals surface area contributed by atoms with E-state index in [2.05, 4.69) is 17.5 Å². The van der Waals surface area contributed by atoms with Crippen LogP contribution in [0.25, 0.3) is 10.1 Å². The number of halogens is 1. The van der Waals surface area contributed by atoms with Crippen molar-refractivity contribution in [3.8, 4) is 5.75 Å². The van der Waals surface area contributed by atoms with E-state index in [1.807, 2.05) is 19.1 Å². The van der Waals surface area contributed by atoms with Gasteiger partial charge in [0.05, 0.1) is 0 Å². The first kappa shape index (κ1) is 12.2. The Bertz CT molecular complexity index is 718. The molecule has 0 amide bonds. The summed E-state index contributed by atoms with van der Waals surface area (Å²) in [6.07, 6.45) is 0. The van der Waals surface area contributed by atoms with Crippen molar-refractivity contribution in [2.45, 2.75) is 13.5 Å². The summed E-state index contributed by atoms with van der Waals surface area (Å²) in [5.41, 5.74) is 2.09. The molecular weight excluding hydrogens is 259 g/mol. The van der Waals surface area contributed by atoms with Gasteiger partial charge in [0.1, 0.15) is 18.2 Å². The predicted octanol–water partition coefficient (Wildman–Crippen LogP) is 4.93. The lowest BCUT2D eigenvalue weighted by molar-refractivity contribution is 0.304. The van der Waals surface area contributed by atoms with Crippen LogP contribution in [0.1, 0.15) is 11.1 Å². The van der Waals surface area contributed by atoms with Crippen LogP contribution in [0.3, 0.4) is 0 Å². The topological polar surface area (TPSA) is 9.23 Å². The molecule has 0 spiro atoms. The number of fused-ring (bicyclic) bond motifs is 1. The van der Waals surface area contributed by atoms with Gasteiger partial charge in [-0.25, -0.2) is 4.39 Å². The molecule has 1 heterocycles. The molecule has 0 fully saturated rings. The lowest BCUT2D eigenvalue weighted by atomic mass is 10.2. The standard InChI is InChI=1S/C16H13FOS/c1-11-6-7-13(17)8-15(11)18-9-12-10-19-16-5-3-2-4-14(12)16/h2-8,10H,9H2,1H3. The van der Waals surface area contributed by atoms with E-state index in [9.17, 15) is 4.39 Å². The first-order valence-corrected chi connectivity index (χ1v) is 6.96. The van der Waals surface area contributed by atoms with E-state index >= 15 is 0 Å². The highest BCUT2D eigenvalue weighted by atomic mass is 32.1. The van der Waals surface area contributed by atoms with Gasteiger partial charge in [0.15, 0.2) is 0 Å². The van der Waals surface area contributed by atoms with Crippen molar-refractivity contribution in [3.63, 3.8) is 0 Å². The second kappa shape index (κ2) is 5.02. The van der Waals surface area contributed by atoms with Crippen LogP contribution in [0.4, 0.5) is 4.39 Å². The summed E-state index contributed by atoms with van der Waals surface area (Å²) < 4.78 is 20.2. The summed E-state index contributed by atoms with van der Waals surface area (Å²) in [4.78, 5) is 0. The van der Waals surface area contributed by atoms with Crippen molar-refractivity contribution in [2.75, 3.05) is 0 Å². The van der Waals surface area contributed by atoms with Crippen LogP contribution in [-0.4, -0.2) is 0 Å². The lowest BCUT2D eigenvalue weighted by Gasteiger charge is -2.08. The summed E-state index contributed by atoms with van der Waals surface area (Å²) >= 11 is 1.70. The first-order valence-electron chi connectivity index (χ1n) is 6.08. The zero-order valence-corrected chi connectivity index (χ0v) is 11.3. The molecule has 3 rings (SSSR count). The molecule has 0 radical (unpaired) electrons. The molecular formula is C16H13FOS. The third kappa shape index (κ3) is 2.47. The molecule has 96 valence electrons. The van der Waals surface area contributed by atoms with Gasteiger partial charge in [-0.2, -0.15) is 0 Å². The van der Waals surface area contributed by atoms with Crippen LogP contribution in [0.15, 0.2) is 47.8 Å². The van der Waals surface area contributed by atoms with Gasteiger partial charge in [0.2, 0.25) is 0 Å². The Morgan fingerprint density at radius 3 is 2.89 bits per heavy atom. The molecule has 0 atom stereocenters. The Morgan fingerprint density at radius 2 is 2.00 bits per heavy atom. The summed E-state index contributed by atoms with van der Waals surface area (Å²) in [7, 11) is 0. The largest absolute Gasteiger partial charge is 0.488 e. The van der Waals surface area contributed by atoms with E-state index in [0.29, 0.717) is 12.4 Å². The fourth-order valence-electron chi connectivity index (χ4n) is 2.03. The molecule has 0 bridgehead atoms. The van der Waals surface area contributed by atoms with Gasteiger partial charge in [-0.05, 0) is 35.4 Å². The van der Waals surface area contributed by atoms with E-state index in [0.717, 1.165) is 11.1 Å². The molecule has 19 heavy (non-hydrogen) atoms. The van der Waals surface area contributed by atoms with E-state index < -0.39 is 0 Å². The third-order valence-electron chi connectivity index (χ3n) is 3.09.